The fourth-order valence-corrected chi connectivity index (χ4v) is 0.703. The second kappa shape index (κ2) is 5.18. The Morgan fingerprint density at radius 2 is 2.00 bits per heavy atom. The maximum atomic E-state index is 10.5. The van der Waals surface area contributed by atoms with Crippen LogP contribution in [0.3, 0.4) is 0 Å². The first-order valence-corrected chi connectivity index (χ1v) is 3.62. The average molecular weight is 167 g/mol. The maximum absolute atomic E-state index is 10.5. The summed E-state index contributed by atoms with van der Waals surface area (Å²) in [6.07, 6.45) is 6.50. The summed E-state index contributed by atoms with van der Waals surface area (Å²) in [5.74, 6) is -1.00. The molecule has 0 bridgehead atoms. The monoisotopic (exact) mass is 167 g/mol. The highest BCUT2D eigenvalue weighted by molar-refractivity contribution is 5.91. The van der Waals surface area contributed by atoms with Gasteiger partial charge in [0.15, 0.2) is 0 Å². The molecule has 0 aromatic heterocycles. The number of allylic oxidation sites excluding steroid dienone is 4. The molecule has 0 amide bonds. The van der Waals surface area contributed by atoms with Crippen LogP contribution in [-0.2, 0) is 4.79 Å². The molecule has 0 aromatic rings. The van der Waals surface area contributed by atoms with Crippen molar-refractivity contribution in [2.24, 2.45) is 5.73 Å². The van der Waals surface area contributed by atoms with Crippen molar-refractivity contribution in [1.82, 2.24) is 0 Å². The summed E-state index contributed by atoms with van der Waals surface area (Å²) in [6.45, 7) is 3.47. The summed E-state index contributed by atoms with van der Waals surface area (Å²) in [5.41, 5.74) is 5.88. The summed E-state index contributed by atoms with van der Waals surface area (Å²) in [4.78, 5) is 10.5. The first kappa shape index (κ1) is 10.5. The molecule has 0 heterocycles. The summed E-state index contributed by atoms with van der Waals surface area (Å²) < 4.78 is 0. The molecule has 0 fully saturated rings. The number of aliphatic carboxylic acids is 1. The third-order valence-electron chi connectivity index (χ3n) is 1.30. The lowest BCUT2D eigenvalue weighted by Gasteiger charge is -1.99. The molecule has 0 aliphatic carbocycles. The number of rotatable bonds is 3. The fraction of sp³-hybridized carbons (Fsp3) is 0.222. The third kappa shape index (κ3) is 3.05. The molecule has 0 rings (SSSR count). The standard InChI is InChI=1S/C9H13NO2/c1-3-5-6-8(10)7(4-2)9(11)12/h3-6H,10H2,1-2H3,(H,11,12)/b5-3-,7-4+,8-6+. The van der Waals surface area contributed by atoms with Crippen LogP contribution in [0, 0.1) is 0 Å². The van der Waals surface area contributed by atoms with Crippen molar-refractivity contribution >= 4 is 5.97 Å². The largest absolute Gasteiger partial charge is 0.478 e. The quantitative estimate of drug-likeness (QED) is 0.493. The summed E-state index contributed by atoms with van der Waals surface area (Å²) in [7, 11) is 0. The Kier molecular flexibility index (Phi) is 4.53. The van der Waals surface area contributed by atoms with Crippen molar-refractivity contribution in [2.75, 3.05) is 0 Å². The van der Waals surface area contributed by atoms with E-state index in [0.29, 0.717) is 0 Å². The number of carbonyl (C=O) groups is 1. The van der Waals surface area contributed by atoms with Gasteiger partial charge in [-0.3, -0.25) is 0 Å². The summed E-state index contributed by atoms with van der Waals surface area (Å²) >= 11 is 0. The van der Waals surface area contributed by atoms with Crippen LogP contribution in [0.5, 0.6) is 0 Å². The highest BCUT2D eigenvalue weighted by Gasteiger charge is 2.06. The van der Waals surface area contributed by atoms with Crippen LogP contribution < -0.4 is 5.73 Å². The van der Waals surface area contributed by atoms with E-state index in [2.05, 4.69) is 0 Å². The lowest BCUT2D eigenvalue weighted by Crippen LogP contribution is -2.09. The minimum absolute atomic E-state index is 0.133. The van der Waals surface area contributed by atoms with Crippen LogP contribution in [0.1, 0.15) is 13.8 Å². The van der Waals surface area contributed by atoms with Crippen molar-refractivity contribution < 1.29 is 9.90 Å². The van der Waals surface area contributed by atoms with Gasteiger partial charge in [0.1, 0.15) is 0 Å². The van der Waals surface area contributed by atoms with Crippen molar-refractivity contribution in [3.63, 3.8) is 0 Å². The van der Waals surface area contributed by atoms with E-state index in [-0.39, 0.29) is 11.3 Å². The van der Waals surface area contributed by atoms with Gasteiger partial charge in [-0.2, -0.15) is 0 Å². The van der Waals surface area contributed by atoms with Gasteiger partial charge in [-0.1, -0.05) is 18.2 Å². The Morgan fingerprint density at radius 3 is 2.33 bits per heavy atom. The molecule has 0 unspecified atom stereocenters. The van der Waals surface area contributed by atoms with E-state index in [0.717, 1.165) is 0 Å². The highest BCUT2D eigenvalue weighted by Crippen LogP contribution is 2.03. The number of carboxylic acid groups (broad SMARTS) is 1. The molecule has 0 aromatic carbocycles. The van der Waals surface area contributed by atoms with Crippen molar-refractivity contribution in [3.8, 4) is 0 Å². The number of carboxylic acids is 1. The third-order valence-corrected chi connectivity index (χ3v) is 1.30. The molecule has 0 aliphatic rings. The Labute approximate surface area is 71.9 Å². The molecule has 3 heteroatoms. The molecule has 0 aliphatic heterocycles. The average Bonchev–Trinajstić information content (AvgIpc) is 2.01. The fourth-order valence-electron chi connectivity index (χ4n) is 0.703. The topological polar surface area (TPSA) is 63.3 Å². The van der Waals surface area contributed by atoms with Crippen LogP contribution in [0.15, 0.2) is 35.6 Å². The zero-order chi connectivity index (χ0) is 9.56. The SMILES string of the molecule is C\C=C/C=C(N)\C(=C/C)C(=O)O. The van der Waals surface area contributed by atoms with E-state index in [9.17, 15) is 4.79 Å². The van der Waals surface area contributed by atoms with Gasteiger partial charge in [-0.05, 0) is 19.9 Å². The van der Waals surface area contributed by atoms with Crippen LogP contribution in [0.4, 0.5) is 0 Å². The molecule has 3 nitrogen and oxygen atoms in total. The lowest BCUT2D eigenvalue weighted by atomic mass is 10.2. The molecule has 12 heavy (non-hydrogen) atoms. The molecule has 0 radical (unpaired) electrons. The van der Waals surface area contributed by atoms with Crippen LogP contribution in [-0.4, -0.2) is 11.1 Å². The van der Waals surface area contributed by atoms with Crippen LogP contribution in [0.25, 0.3) is 0 Å². The normalized spacial score (nSPS) is 13.8. The van der Waals surface area contributed by atoms with Gasteiger partial charge in [-0.25, -0.2) is 4.79 Å². The minimum Gasteiger partial charge on any atom is -0.478 e. The summed E-state index contributed by atoms with van der Waals surface area (Å²) in [6, 6.07) is 0. The maximum Gasteiger partial charge on any atom is 0.337 e. The summed E-state index contributed by atoms with van der Waals surface area (Å²) in [5, 5.41) is 8.63. The van der Waals surface area contributed by atoms with Crippen molar-refractivity contribution in [2.45, 2.75) is 13.8 Å². The molecular weight excluding hydrogens is 154 g/mol. The van der Waals surface area contributed by atoms with Gasteiger partial charge in [0.05, 0.1) is 5.57 Å². The van der Waals surface area contributed by atoms with E-state index in [1.807, 2.05) is 6.92 Å². The molecule has 66 valence electrons. The Bertz CT molecular complexity index is 249. The van der Waals surface area contributed by atoms with Gasteiger partial charge in [0, 0.05) is 5.70 Å². The van der Waals surface area contributed by atoms with E-state index in [4.69, 9.17) is 10.8 Å². The van der Waals surface area contributed by atoms with Crippen LogP contribution in [0.2, 0.25) is 0 Å². The molecule has 0 saturated heterocycles. The molecule has 0 saturated carbocycles. The molecule has 3 N–H and O–H groups in total. The first-order chi connectivity index (χ1) is 5.63. The Hall–Kier alpha value is -1.51. The van der Waals surface area contributed by atoms with E-state index < -0.39 is 5.97 Å². The van der Waals surface area contributed by atoms with Gasteiger partial charge < -0.3 is 10.8 Å². The number of nitrogens with two attached hydrogens (primary N) is 1. The van der Waals surface area contributed by atoms with E-state index >= 15 is 0 Å². The second-order valence-electron chi connectivity index (χ2n) is 2.16. The molecular formula is C9H13NO2. The Morgan fingerprint density at radius 1 is 1.42 bits per heavy atom. The minimum atomic E-state index is -1.00. The van der Waals surface area contributed by atoms with Crippen molar-refractivity contribution in [1.29, 1.82) is 0 Å². The van der Waals surface area contributed by atoms with Crippen molar-refractivity contribution in [3.05, 3.63) is 35.6 Å². The van der Waals surface area contributed by atoms with Gasteiger partial charge in [-0.15, -0.1) is 0 Å². The van der Waals surface area contributed by atoms with Crippen LogP contribution >= 0.6 is 0 Å². The molecule has 0 atom stereocenters. The first-order valence-electron chi connectivity index (χ1n) is 3.62. The predicted molar refractivity (Wildman–Crippen MR) is 48.5 cm³/mol. The lowest BCUT2D eigenvalue weighted by molar-refractivity contribution is -0.132. The molecule has 0 spiro atoms. The Balaban J connectivity index is 4.66. The zero-order valence-electron chi connectivity index (χ0n) is 7.24. The van der Waals surface area contributed by atoms with Gasteiger partial charge in [0.25, 0.3) is 0 Å². The highest BCUT2D eigenvalue weighted by atomic mass is 16.4. The van der Waals surface area contributed by atoms with E-state index in [1.54, 1.807) is 25.2 Å². The smallest absolute Gasteiger partial charge is 0.337 e. The second-order valence-corrected chi connectivity index (χ2v) is 2.16. The number of hydrogen-bond acceptors (Lipinski definition) is 2. The zero-order valence-corrected chi connectivity index (χ0v) is 7.24. The van der Waals surface area contributed by atoms with E-state index in [1.165, 1.54) is 6.08 Å². The predicted octanol–water partition coefficient (Wildman–Crippen LogP) is 1.44. The number of hydrogen-bond donors (Lipinski definition) is 2. The van der Waals surface area contributed by atoms with Gasteiger partial charge in [0.2, 0.25) is 0 Å². The van der Waals surface area contributed by atoms with Gasteiger partial charge >= 0.3 is 5.97 Å².